The molecule has 0 aliphatic heterocycles. The molecule has 1 atom stereocenters. The van der Waals surface area contributed by atoms with Gasteiger partial charge < -0.3 is 0 Å². The fourth-order valence-corrected chi connectivity index (χ4v) is 1.29. The molecule has 1 heterocycles. The quantitative estimate of drug-likeness (QED) is 0.690. The van der Waals surface area contributed by atoms with Gasteiger partial charge in [0.05, 0.1) is 0 Å². The lowest BCUT2D eigenvalue weighted by atomic mass is 10.2. The second-order valence-corrected chi connectivity index (χ2v) is 3.58. The van der Waals surface area contributed by atoms with Gasteiger partial charge in [-0.1, -0.05) is 0 Å². The Hall–Kier alpha value is -0.600. The van der Waals surface area contributed by atoms with Crippen molar-refractivity contribution in [2.24, 2.45) is 0 Å². The van der Waals surface area contributed by atoms with Crippen LogP contribution in [-0.4, -0.2) is 28.9 Å². The summed E-state index contributed by atoms with van der Waals surface area (Å²) in [4.78, 5) is 6.20. The predicted octanol–water partition coefficient (Wildman–Crippen LogP) is 2.14. The van der Waals surface area contributed by atoms with Gasteiger partial charge in [-0.15, -0.1) is 11.6 Å². The van der Waals surface area contributed by atoms with E-state index in [1.807, 2.05) is 24.5 Å². The SMILES string of the molecule is CC(CCl)N(C)Cc1ccncc1. The molecular formula is C10H15ClN2. The number of aromatic nitrogens is 1. The summed E-state index contributed by atoms with van der Waals surface area (Å²) in [5.41, 5.74) is 1.27. The van der Waals surface area contributed by atoms with Crippen molar-refractivity contribution in [3.8, 4) is 0 Å². The van der Waals surface area contributed by atoms with Crippen molar-refractivity contribution in [1.82, 2.24) is 9.88 Å². The van der Waals surface area contributed by atoms with Crippen molar-refractivity contribution < 1.29 is 0 Å². The minimum atomic E-state index is 0.412. The van der Waals surface area contributed by atoms with Gasteiger partial charge in [-0.3, -0.25) is 9.88 Å². The maximum Gasteiger partial charge on any atom is 0.0376 e. The van der Waals surface area contributed by atoms with E-state index in [1.54, 1.807) is 0 Å². The lowest BCUT2D eigenvalue weighted by molar-refractivity contribution is 0.268. The molecule has 0 bridgehead atoms. The van der Waals surface area contributed by atoms with Crippen LogP contribution in [0.4, 0.5) is 0 Å². The molecule has 0 N–H and O–H groups in total. The van der Waals surface area contributed by atoms with Crippen LogP contribution in [0.25, 0.3) is 0 Å². The minimum absolute atomic E-state index is 0.412. The zero-order valence-corrected chi connectivity index (χ0v) is 8.83. The molecule has 1 unspecified atom stereocenters. The van der Waals surface area contributed by atoms with Gasteiger partial charge in [0.25, 0.3) is 0 Å². The van der Waals surface area contributed by atoms with Gasteiger partial charge in [0.1, 0.15) is 0 Å². The molecule has 3 heteroatoms. The molecule has 0 aliphatic rings. The van der Waals surface area contributed by atoms with Gasteiger partial charge in [0, 0.05) is 30.9 Å². The van der Waals surface area contributed by atoms with Gasteiger partial charge in [-0.05, 0) is 31.7 Å². The molecule has 0 aliphatic carbocycles. The number of hydrogen-bond acceptors (Lipinski definition) is 2. The third-order valence-corrected chi connectivity index (χ3v) is 2.60. The Morgan fingerprint density at radius 1 is 1.46 bits per heavy atom. The van der Waals surface area contributed by atoms with E-state index in [2.05, 4.69) is 23.9 Å². The Morgan fingerprint density at radius 2 is 2.08 bits per heavy atom. The van der Waals surface area contributed by atoms with Crippen LogP contribution in [0.3, 0.4) is 0 Å². The second-order valence-electron chi connectivity index (χ2n) is 3.27. The van der Waals surface area contributed by atoms with Crippen LogP contribution in [-0.2, 0) is 6.54 Å². The van der Waals surface area contributed by atoms with E-state index >= 15 is 0 Å². The molecule has 72 valence electrons. The summed E-state index contributed by atoms with van der Waals surface area (Å²) >= 11 is 5.76. The summed E-state index contributed by atoms with van der Waals surface area (Å²) in [6.45, 7) is 3.05. The number of hydrogen-bond donors (Lipinski definition) is 0. The van der Waals surface area contributed by atoms with Crippen LogP contribution < -0.4 is 0 Å². The molecule has 0 fully saturated rings. The lowest BCUT2D eigenvalue weighted by Gasteiger charge is -2.22. The Kier molecular flexibility index (Phi) is 4.19. The fraction of sp³-hybridized carbons (Fsp3) is 0.500. The summed E-state index contributed by atoms with van der Waals surface area (Å²) < 4.78 is 0. The molecule has 1 rings (SSSR count). The van der Waals surface area contributed by atoms with E-state index in [4.69, 9.17) is 11.6 Å². The lowest BCUT2D eigenvalue weighted by Crippen LogP contribution is -2.29. The summed E-state index contributed by atoms with van der Waals surface area (Å²) in [5.74, 6) is 0.668. The first-order valence-corrected chi connectivity index (χ1v) is 4.92. The van der Waals surface area contributed by atoms with E-state index in [0.29, 0.717) is 11.9 Å². The zero-order valence-electron chi connectivity index (χ0n) is 8.07. The second kappa shape index (κ2) is 5.20. The van der Waals surface area contributed by atoms with Gasteiger partial charge in [0.15, 0.2) is 0 Å². The van der Waals surface area contributed by atoms with Crippen LogP contribution in [0.5, 0.6) is 0 Å². The summed E-state index contributed by atoms with van der Waals surface area (Å²) in [6, 6.07) is 4.46. The topological polar surface area (TPSA) is 16.1 Å². The molecule has 0 spiro atoms. The molecule has 0 saturated carbocycles. The van der Waals surface area contributed by atoms with Crippen molar-refractivity contribution in [3.63, 3.8) is 0 Å². The highest BCUT2D eigenvalue weighted by atomic mass is 35.5. The molecule has 2 nitrogen and oxygen atoms in total. The van der Waals surface area contributed by atoms with Crippen molar-refractivity contribution in [3.05, 3.63) is 30.1 Å². The Morgan fingerprint density at radius 3 is 2.62 bits per heavy atom. The number of halogens is 1. The number of rotatable bonds is 4. The average molecular weight is 199 g/mol. The molecule has 13 heavy (non-hydrogen) atoms. The van der Waals surface area contributed by atoms with Gasteiger partial charge in [-0.25, -0.2) is 0 Å². The normalized spacial score (nSPS) is 13.2. The third-order valence-electron chi connectivity index (χ3n) is 2.16. The molecule has 1 aromatic heterocycles. The van der Waals surface area contributed by atoms with E-state index in [1.165, 1.54) is 5.56 Å². The molecule has 0 radical (unpaired) electrons. The van der Waals surface area contributed by atoms with Crippen molar-refractivity contribution in [2.75, 3.05) is 12.9 Å². The first-order valence-electron chi connectivity index (χ1n) is 4.39. The van der Waals surface area contributed by atoms with E-state index in [9.17, 15) is 0 Å². The van der Waals surface area contributed by atoms with Gasteiger partial charge in [0.2, 0.25) is 0 Å². The first kappa shape index (κ1) is 10.5. The Labute approximate surface area is 84.5 Å². The van der Waals surface area contributed by atoms with Crippen molar-refractivity contribution >= 4 is 11.6 Å². The van der Waals surface area contributed by atoms with E-state index < -0.39 is 0 Å². The number of alkyl halides is 1. The van der Waals surface area contributed by atoms with Crippen LogP contribution in [0.15, 0.2) is 24.5 Å². The maximum absolute atomic E-state index is 5.76. The van der Waals surface area contributed by atoms with E-state index in [-0.39, 0.29) is 0 Å². The molecule has 1 aromatic rings. The van der Waals surface area contributed by atoms with Gasteiger partial charge in [-0.2, -0.15) is 0 Å². The summed E-state index contributed by atoms with van der Waals surface area (Å²) in [7, 11) is 2.08. The minimum Gasteiger partial charge on any atom is -0.298 e. The fourth-order valence-electron chi connectivity index (χ4n) is 1.05. The molecule has 0 amide bonds. The largest absolute Gasteiger partial charge is 0.298 e. The molecule has 0 saturated heterocycles. The highest BCUT2D eigenvalue weighted by Gasteiger charge is 2.07. The van der Waals surface area contributed by atoms with Gasteiger partial charge >= 0.3 is 0 Å². The predicted molar refractivity (Wildman–Crippen MR) is 55.9 cm³/mol. The smallest absolute Gasteiger partial charge is 0.0376 e. The van der Waals surface area contributed by atoms with E-state index in [0.717, 1.165) is 6.54 Å². The van der Waals surface area contributed by atoms with Crippen LogP contribution in [0, 0.1) is 0 Å². The van der Waals surface area contributed by atoms with Crippen molar-refractivity contribution in [2.45, 2.75) is 19.5 Å². The Balaban J connectivity index is 2.50. The summed E-state index contributed by atoms with van der Waals surface area (Å²) in [6.07, 6.45) is 3.63. The van der Waals surface area contributed by atoms with Crippen LogP contribution in [0.1, 0.15) is 12.5 Å². The highest BCUT2D eigenvalue weighted by Crippen LogP contribution is 2.05. The standard InChI is InChI=1S/C10H15ClN2/c1-9(7-11)13(2)8-10-3-5-12-6-4-10/h3-6,9H,7-8H2,1-2H3. The summed E-state index contributed by atoms with van der Waals surface area (Å²) in [5, 5.41) is 0. The third kappa shape index (κ3) is 3.33. The molecular weight excluding hydrogens is 184 g/mol. The number of nitrogens with zero attached hydrogens (tertiary/aromatic N) is 2. The average Bonchev–Trinajstić information content (AvgIpc) is 2.18. The number of pyridine rings is 1. The van der Waals surface area contributed by atoms with Crippen molar-refractivity contribution in [1.29, 1.82) is 0 Å². The maximum atomic E-state index is 5.76. The van der Waals surface area contributed by atoms with Crippen LogP contribution in [0.2, 0.25) is 0 Å². The Bertz CT molecular complexity index is 238. The highest BCUT2D eigenvalue weighted by molar-refractivity contribution is 6.18. The molecule has 0 aromatic carbocycles. The van der Waals surface area contributed by atoms with Crippen LogP contribution >= 0.6 is 11.6 Å². The monoisotopic (exact) mass is 198 g/mol. The zero-order chi connectivity index (χ0) is 9.68. The first-order chi connectivity index (χ1) is 6.24.